The van der Waals surface area contributed by atoms with Crippen LogP contribution in [0, 0.1) is 0 Å². The van der Waals surface area contributed by atoms with Crippen LogP contribution in [0.5, 0.6) is 11.6 Å². The van der Waals surface area contributed by atoms with Gasteiger partial charge in [-0.3, -0.25) is 14.5 Å². The summed E-state index contributed by atoms with van der Waals surface area (Å²) in [6, 6.07) is 21.7. The Kier molecular flexibility index (Phi) is 7.19. The summed E-state index contributed by atoms with van der Waals surface area (Å²) in [6.07, 6.45) is 3.17. The molecule has 1 aliphatic rings. The van der Waals surface area contributed by atoms with Crippen LogP contribution in [-0.4, -0.2) is 54.5 Å². The molecular formula is C26H27N3O4. The number of benzene rings is 2. The zero-order valence-corrected chi connectivity index (χ0v) is 18.6. The molecule has 1 aromatic heterocycles. The number of ether oxygens (including phenoxy) is 2. The van der Waals surface area contributed by atoms with E-state index in [4.69, 9.17) is 9.47 Å². The Bertz CT molecular complexity index is 1050. The molecule has 4 rings (SSSR count). The van der Waals surface area contributed by atoms with Crippen LogP contribution >= 0.6 is 0 Å². The second-order valence-corrected chi connectivity index (χ2v) is 7.82. The fourth-order valence-corrected chi connectivity index (χ4v) is 3.82. The van der Waals surface area contributed by atoms with Crippen LogP contribution in [0.4, 0.5) is 5.69 Å². The number of hydrogen-bond acceptors (Lipinski definition) is 5. The van der Waals surface area contributed by atoms with Crippen molar-refractivity contribution < 1.29 is 19.1 Å². The van der Waals surface area contributed by atoms with Crippen LogP contribution in [0.2, 0.25) is 0 Å². The molecule has 0 aliphatic carbocycles. The second kappa shape index (κ2) is 10.6. The largest absolute Gasteiger partial charge is 0.497 e. The first-order valence-corrected chi connectivity index (χ1v) is 11.0. The first-order valence-electron chi connectivity index (χ1n) is 11.0. The van der Waals surface area contributed by atoms with Crippen LogP contribution in [0.15, 0.2) is 79.0 Å². The Hall–Kier alpha value is -3.87. The summed E-state index contributed by atoms with van der Waals surface area (Å²) in [6.45, 7) is 1.13. The summed E-state index contributed by atoms with van der Waals surface area (Å²) in [5, 5.41) is 0. The lowest BCUT2D eigenvalue weighted by Crippen LogP contribution is -2.47. The van der Waals surface area contributed by atoms with Crippen molar-refractivity contribution in [3.05, 3.63) is 84.6 Å². The van der Waals surface area contributed by atoms with Gasteiger partial charge in [-0.15, -0.1) is 0 Å². The molecule has 0 N–H and O–H groups in total. The third-order valence-corrected chi connectivity index (χ3v) is 5.66. The van der Waals surface area contributed by atoms with Crippen LogP contribution in [0.25, 0.3) is 0 Å². The van der Waals surface area contributed by atoms with Crippen molar-refractivity contribution in [2.75, 3.05) is 31.6 Å². The molecule has 0 spiro atoms. The van der Waals surface area contributed by atoms with Gasteiger partial charge >= 0.3 is 0 Å². The number of aromatic nitrogens is 1. The Morgan fingerprint density at radius 1 is 0.970 bits per heavy atom. The Balaban J connectivity index is 1.42. The molecule has 170 valence electrons. The molecule has 0 radical (unpaired) electrons. The topological polar surface area (TPSA) is 72.0 Å². The van der Waals surface area contributed by atoms with Crippen LogP contribution in [0.3, 0.4) is 0 Å². The first kappa shape index (κ1) is 22.3. The molecule has 2 aromatic carbocycles. The molecule has 0 unspecified atom stereocenters. The van der Waals surface area contributed by atoms with Gasteiger partial charge in [0.2, 0.25) is 11.8 Å². The van der Waals surface area contributed by atoms with Crippen molar-refractivity contribution in [2.45, 2.75) is 18.9 Å². The van der Waals surface area contributed by atoms with E-state index >= 15 is 0 Å². The van der Waals surface area contributed by atoms with Crippen LogP contribution in [0.1, 0.15) is 23.2 Å². The average molecular weight is 446 g/mol. The fraction of sp³-hybridized carbons (Fsp3) is 0.269. The van der Waals surface area contributed by atoms with Gasteiger partial charge in [-0.2, -0.15) is 0 Å². The maximum atomic E-state index is 13.3. The third kappa shape index (κ3) is 5.68. The molecule has 3 aromatic rings. The van der Waals surface area contributed by atoms with E-state index < -0.39 is 0 Å². The highest BCUT2D eigenvalue weighted by atomic mass is 16.5. The predicted molar refractivity (Wildman–Crippen MR) is 126 cm³/mol. The zero-order chi connectivity index (χ0) is 23.0. The van der Waals surface area contributed by atoms with E-state index in [1.54, 1.807) is 42.5 Å². The Morgan fingerprint density at radius 3 is 2.30 bits per heavy atom. The Morgan fingerprint density at radius 2 is 1.67 bits per heavy atom. The van der Waals surface area contributed by atoms with E-state index in [1.165, 1.54) is 4.90 Å². The number of piperidine rings is 1. The summed E-state index contributed by atoms with van der Waals surface area (Å²) in [5.41, 5.74) is 1.18. The number of anilines is 1. The van der Waals surface area contributed by atoms with Crippen LogP contribution < -0.4 is 14.4 Å². The van der Waals surface area contributed by atoms with Gasteiger partial charge in [-0.25, -0.2) is 4.98 Å². The molecule has 33 heavy (non-hydrogen) atoms. The van der Waals surface area contributed by atoms with Crippen molar-refractivity contribution >= 4 is 17.5 Å². The molecule has 7 heteroatoms. The van der Waals surface area contributed by atoms with Crippen LogP contribution in [-0.2, 0) is 4.79 Å². The van der Waals surface area contributed by atoms with Crippen molar-refractivity contribution in [3.8, 4) is 11.6 Å². The number of methoxy groups -OCH3 is 1. The van der Waals surface area contributed by atoms with Gasteiger partial charge in [0.25, 0.3) is 5.91 Å². The van der Waals surface area contributed by atoms with Crippen molar-refractivity contribution in [1.82, 2.24) is 9.88 Å². The summed E-state index contributed by atoms with van der Waals surface area (Å²) in [4.78, 5) is 34.0. The van der Waals surface area contributed by atoms with E-state index in [0.29, 0.717) is 36.0 Å². The molecule has 1 fully saturated rings. The molecular weight excluding hydrogens is 418 g/mol. The fourth-order valence-electron chi connectivity index (χ4n) is 3.82. The quantitative estimate of drug-likeness (QED) is 0.553. The highest BCUT2D eigenvalue weighted by Crippen LogP contribution is 2.21. The minimum atomic E-state index is -0.231. The maximum Gasteiger partial charge on any atom is 0.258 e. The average Bonchev–Trinajstić information content (AvgIpc) is 2.88. The lowest BCUT2D eigenvalue weighted by atomic mass is 10.1. The van der Waals surface area contributed by atoms with Gasteiger partial charge in [-0.05, 0) is 42.5 Å². The number of rotatable bonds is 7. The number of hydrogen-bond donors (Lipinski definition) is 0. The molecule has 0 bridgehead atoms. The molecule has 7 nitrogen and oxygen atoms in total. The third-order valence-electron chi connectivity index (χ3n) is 5.66. The molecule has 2 heterocycles. The second-order valence-electron chi connectivity index (χ2n) is 7.82. The number of amides is 2. The smallest absolute Gasteiger partial charge is 0.258 e. The van der Waals surface area contributed by atoms with E-state index in [-0.39, 0.29) is 24.5 Å². The van der Waals surface area contributed by atoms with Gasteiger partial charge in [0.15, 0.2) is 0 Å². The standard InChI is InChI=1S/C26H27N3O4/c1-32-22-12-10-20(11-13-22)26(31)29(21-7-3-2-4-8-21)19-25(30)28-17-14-23(15-18-28)33-24-9-5-6-16-27-24/h2-13,16,23H,14-15,17-19H2,1H3. The maximum absolute atomic E-state index is 13.3. The summed E-state index contributed by atoms with van der Waals surface area (Å²) in [7, 11) is 1.58. The van der Waals surface area contributed by atoms with Gasteiger partial charge in [0, 0.05) is 49.4 Å². The van der Waals surface area contributed by atoms with E-state index in [0.717, 1.165) is 12.8 Å². The number of likely N-dealkylation sites (tertiary alicyclic amines) is 1. The minimum Gasteiger partial charge on any atom is -0.497 e. The minimum absolute atomic E-state index is 0.0232. The van der Waals surface area contributed by atoms with E-state index in [9.17, 15) is 9.59 Å². The summed E-state index contributed by atoms with van der Waals surface area (Å²) >= 11 is 0. The monoisotopic (exact) mass is 445 g/mol. The molecule has 2 amide bonds. The van der Waals surface area contributed by atoms with Gasteiger partial charge in [0.05, 0.1) is 7.11 Å². The number of carbonyl (C=O) groups is 2. The van der Waals surface area contributed by atoms with Crippen molar-refractivity contribution in [2.24, 2.45) is 0 Å². The summed E-state index contributed by atoms with van der Waals surface area (Å²) < 4.78 is 11.1. The lowest BCUT2D eigenvalue weighted by Gasteiger charge is -2.33. The predicted octanol–water partition coefficient (Wildman–Crippen LogP) is 3.81. The number of carbonyl (C=O) groups excluding carboxylic acids is 2. The zero-order valence-electron chi connectivity index (χ0n) is 18.6. The van der Waals surface area contributed by atoms with Gasteiger partial charge < -0.3 is 14.4 Å². The molecule has 1 aliphatic heterocycles. The van der Waals surface area contributed by atoms with Crippen molar-refractivity contribution in [3.63, 3.8) is 0 Å². The number of para-hydroxylation sites is 1. The van der Waals surface area contributed by atoms with E-state index in [2.05, 4.69) is 4.98 Å². The number of nitrogens with zero attached hydrogens (tertiary/aromatic N) is 3. The first-order chi connectivity index (χ1) is 16.1. The summed E-state index contributed by atoms with van der Waals surface area (Å²) in [5.74, 6) is 0.954. The normalized spacial score (nSPS) is 13.9. The van der Waals surface area contributed by atoms with Gasteiger partial charge in [-0.1, -0.05) is 24.3 Å². The van der Waals surface area contributed by atoms with Gasteiger partial charge in [0.1, 0.15) is 18.4 Å². The highest BCUT2D eigenvalue weighted by Gasteiger charge is 2.27. The Labute approximate surface area is 193 Å². The molecule has 1 saturated heterocycles. The molecule has 0 atom stereocenters. The SMILES string of the molecule is COc1ccc(C(=O)N(CC(=O)N2CCC(Oc3ccccn3)CC2)c2ccccc2)cc1. The number of pyridine rings is 1. The lowest BCUT2D eigenvalue weighted by molar-refractivity contribution is -0.131. The van der Waals surface area contributed by atoms with E-state index in [1.807, 2.05) is 48.5 Å². The van der Waals surface area contributed by atoms with Crippen molar-refractivity contribution in [1.29, 1.82) is 0 Å². The highest BCUT2D eigenvalue weighted by molar-refractivity contribution is 6.08. The molecule has 0 saturated carbocycles.